The summed E-state index contributed by atoms with van der Waals surface area (Å²) in [6.45, 7) is 0.507. The van der Waals surface area contributed by atoms with Crippen molar-refractivity contribution in [3.63, 3.8) is 0 Å². The molecule has 0 spiro atoms. The minimum Gasteiger partial charge on any atom is -0.0667 e. The molecule has 54 heavy (non-hydrogen) atoms. The molecule has 0 bridgehead atoms. The van der Waals surface area contributed by atoms with Gasteiger partial charge >= 0.3 is 0 Å². The molecule has 0 aromatic heterocycles. The fraction of sp³-hybridized carbons (Fsp3) is 0.0769. The first-order valence-electron chi connectivity index (χ1n) is 19.7. The molecule has 0 radical (unpaired) electrons. The van der Waals surface area contributed by atoms with Crippen molar-refractivity contribution >= 4 is 46.2 Å². The molecular weight excluding hydrogens is 646 g/mol. The van der Waals surface area contributed by atoms with E-state index in [1.54, 1.807) is 10.9 Å². The van der Waals surface area contributed by atoms with Crippen molar-refractivity contribution in [1.82, 2.24) is 0 Å². The van der Waals surface area contributed by atoms with Gasteiger partial charge in [0.15, 0.2) is 0 Å². The molecule has 4 aliphatic heterocycles. The Morgan fingerprint density at radius 2 is 0.593 bits per heavy atom. The minimum atomic E-state index is 0.254. The molecule has 8 aromatic rings. The molecule has 0 atom stereocenters. The van der Waals surface area contributed by atoms with Crippen LogP contribution in [0.4, 0.5) is 0 Å². The Labute approximate surface area is 317 Å². The Bertz CT molecular complexity index is 2740. The zero-order valence-corrected chi connectivity index (χ0v) is 30.0. The molecular formula is C52H34B2. The molecule has 0 saturated carbocycles. The smallest absolute Gasteiger partial charge is 0.0667 e. The fourth-order valence-electron chi connectivity index (χ4n) is 11.6. The topological polar surface area (TPSA) is 0 Å². The van der Waals surface area contributed by atoms with Crippen molar-refractivity contribution in [2.24, 2.45) is 0 Å². The Morgan fingerprint density at radius 3 is 0.981 bits per heavy atom. The van der Waals surface area contributed by atoms with Crippen LogP contribution in [-0.4, -0.2) is 13.4 Å². The highest BCUT2D eigenvalue weighted by atomic mass is 14.4. The van der Waals surface area contributed by atoms with Crippen molar-refractivity contribution in [2.75, 3.05) is 0 Å². The van der Waals surface area contributed by atoms with E-state index in [4.69, 9.17) is 0 Å². The van der Waals surface area contributed by atoms with Gasteiger partial charge in [-0.3, -0.25) is 0 Å². The standard InChI is InChI=1S/C52H34B2/c1-9-21-45-31(13-1)25-35-29-41-37-17-5-7-19-39(37)50-42(38-18-6-8-20-40(38)49(41)43-27-33-15-3-11-23-47(33)53(45)51(35)43)30-36-26-32-14-2-10-22-46(32)54-48-24-12-4-16-34(48)28-44(50)52(36)54/h1-24,29-30H,25-28H2. The Kier molecular flexibility index (Phi) is 5.84. The Balaban J connectivity index is 1.16. The van der Waals surface area contributed by atoms with Gasteiger partial charge in [-0.25, -0.2) is 0 Å². The van der Waals surface area contributed by atoms with Gasteiger partial charge < -0.3 is 0 Å². The summed E-state index contributed by atoms with van der Waals surface area (Å²) in [7, 11) is 0. The molecule has 5 aliphatic rings. The maximum atomic E-state index is 2.62. The van der Waals surface area contributed by atoms with E-state index in [1.807, 2.05) is 0 Å². The van der Waals surface area contributed by atoms with Crippen LogP contribution in [0.5, 0.6) is 0 Å². The van der Waals surface area contributed by atoms with Crippen molar-refractivity contribution < 1.29 is 0 Å². The first-order chi connectivity index (χ1) is 26.8. The summed E-state index contributed by atoms with van der Waals surface area (Å²) in [6.07, 6.45) is 3.85. The van der Waals surface area contributed by atoms with E-state index < -0.39 is 0 Å². The molecule has 0 nitrogen and oxygen atoms in total. The molecule has 0 fully saturated rings. The highest BCUT2D eigenvalue weighted by Gasteiger charge is 2.42. The van der Waals surface area contributed by atoms with Gasteiger partial charge in [-0.1, -0.05) is 191 Å². The molecule has 8 aromatic carbocycles. The lowest BCUT2D eigenvalue weighted by Gasteiger charge is -2.39. The highest BCUT2D eigenvalue weighted by Crippen LogP contribution is 2.51. The van der Waals surface area contributed by atoms with Crippen LogP contribution in [0, 0.1) is 0 Å². The van der Waals surface area contributed by atoms with Gasteiger partial charge in [-0.15, -0.1) is 0 Å². The van der Waals surface area contributed by atoms with Crippen LogP contribution < -0.4 is 32.8 Å². The van der Waals surface area contributed by atoms with E-state index in [0.717, 1.165) is 25.7 Å². The Hall–Kier alpha value is -6.11. The summed E-state index contributed by atoms with van der Waals surface area (Å²) >= 11 is 0. The molecule has 0 unspecified atom stereocenters. The lowest BCUT2D eigenvalue weighted by atomic mass is 9.30. The van der Waals surface area contributed by atoms with Crippen LogP contribution in [-0.2, 0) is 25.7 Å². The van der Waals surface area contributed by atoms with Crippen LogP contribution in [0.25, 0.3) is 44.5 Å². The third kappa shape index (κ3) is 3.81. The Morgan fingerprint density at radius 1 is 0.278 bits per heavy atom. The molecule has 13 rings (SSSR count). The van der Waals surface area contributed by atoms with Gasteiger partial charge in [0.25, 0.3) is 0 Å². The van der Waals surface area contributed by atoms with E-state index >= 15 is 0 Å². The van der Waals surface area contributed by atoms with Crippen molar-refractivity contribution in [1.29, 1.82) is 0 Å². The van der Waals surface area contributed by atoms with Gasteiger partial charge in [0.05, 0.1) is 0 Å². The van der Waals surface area contributed by atoms with E-state index in [0.29, 0.717) is 0 Å². The molecule has 0 N–H and O–H groups in total. The van der Waals surface area contributed by atoms with E-state index in [1.165, 1.54) is 111 Å². The van der Waals surface area contributed by atoms with E-state index in [-0.39, 0.29) is 13.4 Å². The quantitative estimate of drug-likeness (QED) is 0.148. The molecule has 1 aliphatic carbocycles. The summed E-state index contributed by atoms with van der Waals surface area (Å²) in [4.78, 5) is 0. The molecule has 4 heterocycles. The van der Waals surface area contributed by atoms with Gasteiger partial charge in [-0.05, 0) is 115 Å². The highest BCUT2D eigenvalue weighted by molar-refractivity contribution is 6.98. The van der Waals surface area contributed by atoms with Crippen molar-refractivity contribution in [3.05, 3.63) is 202 Å². The van der Waals surface area contributed by atoms with Crippen LogP contribution >= 0.6 is 0 Å². The second kappa shape index (κ2) is 10.7. The fourth-order valence-corrected chi connectivity index (χ4v) is 11.6. The van der Waals surface area contributed by atoms with Crippen LogP contribution in [0.2, 0.25) is 0 Å². The monoisotopic (exact) mass is 680 g/mol. The molecule has 0 saturated heterocycles. The number of benzene rings is 8. The van der Waals surface area contributed by atoms with Crippen LogP contribution in [0.1, 0.15) is 44.5 Å². The molecule has 0 amide bonds. The second-order valence-corrected chi connectivity index (χ2v) is 16.2. The largest absolute Gasteiger partial charge is 0.242 e. The average molecular weight is 680 g/mol. The van der Waals surface area contributed by atoms with Gasteiger partial charge in [-0.2, -0.15) is 0 Å². The summed E-state index contributed by atoms with van der Waals surface area (Å²) in [5.41, 5.74) is 32.0. The minimum absolute atomic E-state index is 0.254. The maximum absolute atomic E-state index is 2.62. The summed E-state index contributed by atoms with van der Waals surface area (Å²) in [5.74, 6) is 0. The predicted octanol–water partition coefficient (Wildman–Crippen LogP) is 7.32. The third-order valence-corrected chi connectivity index (χ3v) is 13.6. The third-order valence-electron chi connectivity index (χ3n) is 13.6. The lowest BCUT2D eigenvalue weighted by Crippen LogP contribution is -2.61. The van der Waals surface area contributed by atoms with E-state index in [9.17, 15) is 0 Å². The lowest BCUT2D eigenvalue weighted by molar-refractivity contribution is 1.14. The number of rotatable bonds is 0. The van der Waals surface area contributed by atoms with E-state index in [2.05, 4.69) is 158 Å². The summed E-state index contributed by atoms with van der Waals surface area (Å²) in [6, 6.07) is 61.0. The number of hydrogen-bond acceptors (Lipinski definition) is 0. The van der Waals surface area contributed by atoms with Crippen molar-refractivity contribution in [3.8, 4) is 44.5 Å². The van der Waals surface area contributed by atoms with Crippen LogP contribution in [0.3, 0.4) is 0 Å². The molecule has 248 valence electrons. The van der Waals surface area contributed by atoms with Gasteiger partial charge in [0, 0.05) is 0 Å². The predicted molar refractivity (Wildman–Crippen MR) is 228 cm³/mol. The number of fused-ring (bicyclic) bond motifs is 18. The number of hydrogen-bond donors (Lipinski definition) is 0. The second-order valence-electron chi connectivity index (χ2n) is 16.2. The maximum Gasteiger partial charge on any atom is 0.242 e. The van der Waals surface area contributed by atoms with Crippen LogP contribution in [0.15, 0.2) is 158 Å². The summed E-state index contributed by atoms with van der Waals surface area (Å²) < 4.78 is 0. The normalized spacial score (nSPS) is 14.3. The van der Waals surface area contributed by atoms with Crippen molar-refractivity contribution in [2.45, 2.75) is 25.7 Å². The zero-order valence-electron chi connectivity index (χ0n) is 30.0. The zero-order chi connectivity index (χ0) is 35.1. The molecule has 2 heteroatoms. The summed E-state index contributed by atoms with van der Waals surface area (Å²) in [5, 5.41) is 0. The first-order valence-corrected chi connectivity index (χ1v) is 19.7. The first kappa shape index (κ1) is 29.4. The van der Waals surface area contributed by atoms with Gasteiger partial charge in [0.2, 0.25) is 13.4 Å². The average Bonchev–Trinajstić information content (AvgIpc) is 3.22. The SMILES string of the molecule is c1ccc2c(c1)Cc1cc3c(c4c1B2c1ccccc1C4)-c1ccccc1-c1cc2c4c(c1-c1ccccc1-3)Cc1ccccc1B4c1ccccc1C2. The van der Waals surface area contributed by atoms with Gasteiger partial charge in [0.1, 0.15) is 0 Å².